The molecule has 0 saturated heterocycles. The monoisotopic (exact) mass is 347 g/mol. The van der Waals surface area contributed by atoms with Gasteiger partial charge in [-0.1, -0.05) is 74.5 Å². The minimum absolute atomic E-state index is 0.0125. The molecular formula is C23H25NO2. The van der Waals surface area contributed by atoms with Gasteiger partial charge < -0.3 is 5.11 Å². The number of hydrogen-bond acceptors (Lipinski definition) is 3. The first-order valence-corrected chi connectivity index (χ1v) is 9.01. The summed E-state index contributed by atoms with van der Waals surface area (Å²) < 4.78 is 0. The van der Waals surface area contributed by atoms with Gasteiger partial charge in [-0.15, -0.1) is 0 Å². The highest BCUT2D eigenvalue weighted by Gasteiger charge is 2.36. The zero-order valence-electron chi connectivity index (χ0n) is 15.4. The Balaban J connectivity index is 1.93. The van der Waals surface area contributed by atoms with Gasteiger partial charge in [0.2, 0.25) is 0 Å². The van der Waals surface area contributed by atoms with Crippen LogP contribution in [0.1, 0.15) is 37.8 Å². The Kier molecular flexibility index (Phi) is 5.36. The maximum absolute atomic E-state index is 12.8. The fourth-order valence-corrected chi connectivity index (χ4v) is 3.40. The lowest BCUT2D eigenvalue weighted by Crippen LogP contribution is -2.33. The summed E-state index contributed by atoms with van der Waals surface area (Å²) in [7, 11) is 0. The van der Waals surface area contributed by atoms with E-state index in [0.29, 0.717) is 31.4 Å². The average molecular weight is 347 g/mol. The molecule has 134 valence electrons. The maximum Gasteiger partial charge on any atom is 0.168 e. The normalized spacial score (nSPS) is 20.2. The Morgan fingerprint density at radius 1 is 0.962 bits per heavy atom. The van der Waals surface area contributed by atoms with Crippen molar-refractivity contribution >= 4 is 11.5 Å². The first-order valence-electron chi connectivity index (χ1n) is 9.01. The van der Waals surface area contributed by atoms with E-state index in [1.54, 1.807) is 0 Å². The van der Waals surface area contributed by atoms with Gasteiger partial charge in [0.25, 0.3) is 0 Å². The quantitative estimate of drug-likeness (QED) is 0.620. The minimum atomic E-state index is -0.136. The standard InChI is InChI=1S/C23H25NO2/c1-23(2)14-19(24-16-18-11-7-4-8-12-18)22(21(26)15-23)20(25)13-17-9-5-3-6-10-17/h3-12,25H,13-16H2,1-2H3. The van der Waals surface area contributed by atoms with Crippen LogP contribution in [0.3, 0.4) is 0 Å². The molecule has 0 heterocycles. The van der Waals surface area contributed by atoms with Gasteiger partial charge in [0.1, 0.15) is 5.76 Å². The average Bonchev–Trinajstić information content (AvgIpc) is 2.60. The molecule has 26 heavy (non-hydrogen) atoms. The number of rotatable bonds is 4. The summed E-state index contributed by atoms with van der Waals surface area (Å²) in [6.07, 6.45) is 1.48. The van der Waals surface area contributed by atoms with E-state index >= 15 is 0 Å². The van der Waals surface area contributed by atoms with Gasteiger partial charge in [0.05, 0.1) is 12.1 Å². The molecule has 3 nitrogen and oxygen atoms in total. The molecule has 3 rings (SSSR count). The topological polar surface area (TPSA) is 49.7 Å². The van der Waals surface area contributed by atoms with Gasteiger partial charge in [0.15, 0.2) is 5.78 Å². The van der Waals surface area contributed by atoms with Gasteiger partial charge in [-0.3, -0.25) is 9.79 Å². The van der Waals surface area contributed by atoms with Crippen LogP contribution in [0.5, 0.6) is 0 Å². The summed E-state index contributed by atoms with van der Waals surface area (Å²) in [6, 6.07) is 19.7. The highest BCUT2D eigenvalue weighted by molar-refractivity contribution is 6.24. The van der Waals surface area contributed by atoms with Crippen LogP contribution in [-0.4, -0.2) is 16.6 Å². The molecule has 3 heteroatoms. The smallest absolute Gasteiger partial charge is 0.168 e. The Morgan fingerprint density at radius 2 is 1.54 bits per heavy atom. The zero-order chi connectivity index (χ0) is 18.6. The first-order chi connectivity index (χ1) is 12.4. The lowest BCUT2D eigenvalue weighted by atomic mass is 9.73. The van der Waals surface area contributed by atoms with Gasteiger partial charge in [-0.05, 0) is 23.0 Å². The molecule has 0 unspecified atom stereocenters. The van der Waals surface area contributed by atoms with Gasteiger partial charge in [-0.2, -0.15) is 0 Å². The van der Waals surface area contributed by atoms with E-state index in [4.69, 9.17) is 4.99 Å². The highest BCUT2D eigenvalue weighted by atomic mass is 16.3. The molecule has 0 radical (unpaired) electrons. The first kappa shape index (κ1) is 18.1. The van der Waals surface area contributed by atoms with Crippen LogP contribution in [-0.2, 0) is 17.8 Å². The molecule has 1 aliphatic carbocycles. The molecule has 0 bridgehead atoms. The molecule has 1 N–H and O–H groups in total. The Bertz CT molecular complexity index is 833. The molecule has 1 saturated carbocycles. The predicted octanol–water partition coefficient (Wildman–Crippen LogP) is 5.07. The van der Waals surface area contributed by atoms with E-state index in [-0.39, 0.29) is 17.0 Å². The van der Waals surface area contributed by atoms with Crippen molar-refractivity contribution in [1.29, 1.82) is 0 Å². The van der Waals surface area contributed by atoms with Crippen LogP contribution < -0.4 is 0 Å². The number of benzene rings is 2. The van der Waals surface area contributed by atoms with Gasteiger partial charge in [0, 0.05) is 18.6 Å². The van der Waals surface area contributed by atoms with Crippen molar-refractivity contribution in [3.8, 4) is 0 Å². The summed E-state index contributed by atoms with van der Waals surface area (Å²) in [5, 5.41) is 10.7. The number of ketones is 1. The van der Waals surface area contributed by atoms with E-state index < -0.39 is 0 Å². The third-order valence-corrected chi connectivity index (χ3v) is 4.65. The number of aliphatic imine (C=N–C) groups is 1. The van der Waals surface area contributed by atoms with E-state index in [0.717, 1.165) is 16.8 Å². The van der Waals surface area contributed by atoms with Crippen LogP contribution in [0, 0.1) is 5.41 Å². The SMILES string of the molecule is CC1(C)CC(=O)C(=C(O)Cc2ccccc2)C(=NCc2ccccc2)C1. The van der Waals surface area contributed by atoms with Crippen molar-refractivity contribution in [2.24, 2.45) is 10.4 Å². The molecule has 0 spiro atoms. The number of aliphatic hydroxyl groups is 1. The molecule has 1 aliphatic rings. The summed E-state index contributed by atoms with van der Waals surface area (Å²) in [6.45, 7) is 4.67. The van der Waals surface area contributed by atoms with Crippen LogP contribution in [0.2, 0.25) is 0 Å². The van der Waals surface area contributed by atoms with Gasteiger partial charge >= 0.3 is 0 Å². The number of carbonyl (C=O) groups is 1. The van der Waals surface area contributed by atoms with Crippen molar-refractivity contribution in [2.45, 2.75) is 39.7 Å². The fourth-order valence-electron chi connectivity index (χ4n) is 3.40. The molecule has 1 fully saturated rings. The largest absolute Gasteiger partial charge is 0.511 e. The van der Waals surface area contributed by atoms with Crippen molar-refractivity contribution in [3.05, 3.63) is 83.1 Å². The fraction of sp³-hybridized carbons (Fsp3) is 0.304. The van der Waals surface area contributed by atoms with Gasteiger partial charge in [-0.25, -0.2) is 0 Å². The lowest BCUT2D eigenvalue weighted by molar-refractivity contribution is -0.117. The molecule has 2 aromatic carbocycles. The highest BCUT2D eigenvalue weighted by Crippen LogP contribution is 2.35. The van der Waals surface area contributed by atoms with E-state index in [1.807, 2.05) is 60.7 Å². The molecule has 0 aromatic heterocycles. The molecule has 0 aliphatic heterocycles. The molecule has 0 atom stereocenters. The van der Waals surface area contributed by atoms with Crippen LogP contribution >= 0.6 is 0 Å². The number of carbonyl (C=O) groups excluding carboxylic acids is 1. The number of allylic oxidation sites excluding steroid dienone is 2. The van der Waals surface area contributed by atoms with E-state index in [1.165, 1.54) is 0 Å². The Labute approximate surface area is 155 Å². The van der Waals surface area contributed by atoms with E-state index in [2.05, 4.69) is 13.8 Å². The molecule has 2 aromatic rings. The Hall–Kier alpha value is -2.68. The zero-order valence-corrected chi connectivity index (χ0v) is 15.4. The summed E-state index contributed by atoms with van der Waals surface area (Å²) in [5.74, 6) is 0.116. The third kappa shape index (κ3) is 4.48. The van der Waals surface area contributed by atoms with Crippen LogP contribution in [0.25, 0.3) is 0 Å². The van der Waals surface area contributed by atoms with Crippen LogP contribution in [0.15, 0.2) is 77.0 Å². The maximum atomic E-state index is 12.8. The predicted molar refractivity (Wildman–Crippen MR) is 105 cm³/mol. The number of aliphatic hydroxyl groups excluding tert-OH is 1. The van der Waals surface area contributed by atoms with Crippen molar-refractivity contribution < 1.29 is 9.90 Å². The minimum Gasteiger partial charge on any atom is -0.511 e. The van der Waals surface area contributed by atoms with E-state index in [9.17, 15) is 9.90 Å². The molecular weight excluding hydrogens is 322 g/mol. The lowest BCUT2D eigenvalue weighted by Gasteiger charge is -2.31. The summed E-state index contributed by atoms with van der Waals surface area (Å²) in [4.78, 5) is 17.5. The second-order valence-electron chi connectivity index (χ2n) is 7.67. The number of Topliss-reactive ketones (excluding diaryl/α,β-unsaturated/α-hetero) is 1. The number of hydrogen-bond donors (Lipinski definition) is 1. The number of nitrogens with zero attached hydrogens (tertiary/aromatic N) is 1. The van der Waals surface area contributed by atoms with Crippen molar-refractivity contribution in [3.63, 3.8) is 0 Å². The Morgan fingerprint density at radius 3 is 2.15 bits per heavy atom. The summed E-state index contributed by atoms with van der Waals surface area (Å²) in [5.41, 5.74) is 3.09. The summed E-state index contributed by atoms with van der Waals surface area (Å²) >= 11 is 0. The van der Waals surface area contributed by atoms with Crippen molar-refractivity contribution in [2.75, 3.05) is 0 Å². The van der Waals surface area contributed by atoms with Crippen LogP contribution in [0.4, 0.5) is 0 Å². The molecule has 0 amide bonds. The second kappa shape index (κ2) is 7.69. The third-order valence-electron chi connectivity index (χ3n) is 4.65. The second-order valence-corrected chi connectivity index (χ2v) is 7.67. The van der Waals surface area contributed by atoms with Crippen molar-refractivity contribution in [1.82, 2.24) is 0 Å².